The lowest BCUT2D eigenvalue weighted by molar-refractivity contribution is 0.0374. The van der Waals surface area contributed by atoms with E-state index in [1.54, 1.807) is 0 Å². The summed E-state index contributed by atoms with van der Waals surface area (Å²) in [5.41, 5.74) is 0.504. The molecule has 1 aromatic rings. The van der Waals surface area contributed by atoms with E-state index in [9.17, 15) is 4.79 Å². The minimum absolute atomic E-state index is 0.113. The number of hydrogen-bond donors (Lipinski definition) is 1. The summed E-state index contributed by atoms with van der Waals surface area (Å²) >= 11 is 0. The lowest BCUT2D eigenvalue weighted by atomic mass is 10.3. The number of hydrogen-bond acceptors (Lipinski definition) is 5. The lowest BCUT2D eigenvalue weighted by Crippen LogP contribution is -2.38. The number of aromatic nitrogens is 2. The van der Waals surface area contributed by atoms with Gasteiger partial charge in [0.05, 0.1) is 18.8 Å². The van der Waals surface area contributed by atoms with Crippen LogP contribution in [0, 0.1) is 0 Å². The monoisotopic (exact) mass is 250 g/mol. The molecule has 1 saturated heterocycles. The summed E-state index contributed by atoms with van der Waals surface area (Å²) in [6, 6.07) is 0. The van der Waals surface area contributed by atoms with Crippen LogP contribution in [0.15, 0.2) is 18.7 Å². The van der Waals surface area contributed by atoms with Gasteiger partial charge in [0.15, 0.2) is 0 Å². The minimum Gasteiger partial charge on any atom is -0.379 e. The van der Waals surface area contributed by atoms with Gasteiger partial charge in [0.25, 0.3) is 5.91 Å². The molecule has 6 heteroatoms. The fraction of sp³-hybridized carbons (Fsp3) is 0.583. The average molecular weight is 250 g/mol. The van der Waals surface area contributed by atoms with Crippen molar-refractivity contribution in [1.29, 1.82) is 0 Å². The van der Waals surface area contributed by atoms with Crippen molar-refractivity contribution in [3.05, 3.63) is 24.3 Å². The molecule has 1 aliphatic rings. The zero-order valence-electron chi connectivity index (χ0n) is 10.3. The van der Waals surface area contributed by atoms with Gasteiger partial charge in [-0.1, -0.05) is 0 Å². The van der Waals surface area contributed by atoms with E-state index >= 15 is 0 Å². The molecule has 0 aromatic carbocycles. The van der Waals surface area contributed by atoms with Gasteiger partial charge in [-0.05, 0) is 13.0 Å². The van der Waals surface area contributed by atoms with E-state index in [0.717, 1.165) is 39.3 Å². The first-order valence-electron chi connectivity index (χ1n) is 6.19. The van der Waals surface area contributed by atoms with Crippen LogP contribution in [-0.4, -0.2) is 60.2 Å². The predicted molar refractivity (Wildman–Crippen MR) is 66.2 cm³/mol. The van der Waals surface area contributed by atoms with Gasteiger partial charge in [-0.15, -0.1) is 0 Å². The van der Waals surface area contributed by atoms with Crippen molar-refractivity contribution in [2.45, 2.75) is 6.42 Å². The van der Waals surface area contributed by atoms with Crippen molar-refractivity contribution in [3.8, 4) is 0 Å². The van der Waals surface area contributed by atoms with Crippen molar-refractivity contribution in [1.82, 2.24) is 20.2 Å². The Bertz CT molecular complexity index is 366. The van der Waals surface area contributed by atoms with E-state index in [2.05, 4.69) is 20.2 Å². The standard InChI is InChI=1S/C12H18N4O2/c17-12(11-8-13-10-14-9-11)15-2-1-3-16-4-6-18-7-5-16/h8-10H,1-7H2,(H,15,17). The highest BCUT2D eigenvalue weighted by Crippen LogP contribution is 1.98. The molecule has 0 radical (unpaired) electrons. The SMILES string of the molecule is O=C(NCCCN1CCOCC1)c1cncnc1. The fourth-order valence-electron chi connectivity index (χ4n) is 1.85. The molecule has 0 aliphatic carbocycles. The smallest absolute Gasteiger partial charge is 0.254 e. The Morgan fingerprint density at radius 3 is 2.78 bits per heavy atom. The Balaban J connectivity index is 1.62. The van der Waals surface area contributed by atoms with Crippen molar-refractivity contribution in [2.24, 2.45) is 0 Å². The molecule has 0 atom stereocenters. The van der Waals surface area contributed by atoms with Crippen molar-refractivity contribution in [2.75, 3.05) is 39.4 Å². The molecule has 1 amide bonds. The molecule has 6 nitrogen and oxygen atoms in total. The first kappa shape index (κ1) is 12.9. The van der Waals surface area contributed by atoms with E-state index in [-0.39, 0.29) is 5.91 Å². The van der Waals surface area contributed by atoms with Crippen LogP contribution in [0.2, 0.25) is 0 Å². The molecule has 1 fully saturated rings. The van der Waals surface area contributed by atoms with Crippen LogP contribution >= 0.6 is 0 Å². The molecule has 2 heterocycles. The molecule has 0 unspecified atom stereocenters. The van der Waals surface area contributed by atoms with Gasteiger partial charge >= 0.3 is 0 Å². The van der Waals surface area contributed by atoms with Gasteiger partial charge in [-0.25, -0.2) is 9.97 Å². The minimum atomic E-state index is -0.113. The Morgan fingerprint density at radius 1 is 1.33 bits per heavy atom. The van der Waals surface area contributed by atoms with Gasteiger partial charge in [-0.3, -0.25) is 9.69 Å². The summed E-state index contributed by atoms with van der Waals surface area (Å²) < 4.78 is 5.28. The molecule has 0 spiro atoms. The third kappa shape index (κ3) is 4.05. The zero-order valence-corrected chi connectivity index (χ0v) is 10.3. The molecular weight excluding hydrogens is 232 g/mol. The van der Waals surface area contributed by atoms with Crippen molar-refractivity contribution >= 4 is 5.91 Å². The van der Waals surface area contributed by atoms with Crippen molar-refractivity contribution < 1.29 is 9.53 Å². The van der Waals surface area contributed by atoms with Crippen LogP contribution in [0.25, 0.3) is 0 Å². The first-order chi connectivity index (χ1) is 8.86. The number of amides is 1. The van der Waals surface area contributed by atoms with Crippen LogP contribution in [0.1, 0.15) is 16.8 Å². The largest absolute Gasteiger partial charge is 0.379 e. The molecular formula is C12H18N4O2. The maximum Gasteiger partial charge on any atom is 0.254 e. The van der Waals surface area contributed by atoms with E-state index in [1.165, 1.54) is 18.7 Å². The van der Waals surface area contributed by atoms with Gasteiger partial charge < -0.3 is 10.1 Å². The third-order valence-corrected chi connectivity index (χ3v) is 2.86. The average Bonchev–Trinajstić information content (AvgIpc) is 2.45. The number of nitrogens with zero attached hydrogens (tertiary/aromatic N) is 3. The summed E-state index contributed by atoms with van der Waals surface area (Å²) in [5, 5.41) is 2.86. The number of carbonyl (C=O) groups is 1. The van der Waals surface area contributed by atoms with Crippen LogP contribution in [0.3, 0.4) is 0 Å². The number of morpholine rings is 1. The highest BCUT2D eigenvalue weighted by Gasteiger charge is 2.10. The second-order valence-electron chi connectivity index (χ2n) is 4.19. The molecule has 0 saturated carbocycles. The van der Waals surface area contributed by atoms with Gasteiger partial charge in [0, 0.05) is 32.0 Å². The topological polar surface area (TPSA) is 67.4 Å². The quantitative estimate of drug-likeness (QED) is 0.741. The fourth-order valence-corrected chi connectivity index (χ4v) is 1.85. The summed E-state index contributed by atoms with van der Waals surface area (Å²) in [7, 11) is 0. The van der Waals surface area contributed by atoms with Crippen LogP contribution < -0.4 is 5.32 Å². The summed E-state index contributed by atoms with van der Waals surface area (Å²) in [6.07, 6.45) is 5.39. The Hall–Kier alpha value is -1.53. The van der Waals surface area contributed by atoms with Gasteiger partial charge in [0.1, 0.15) is 6.33 Å². The number of rotatable bonds is 5. The Morgan fingerprint density at radius 2 is 2.06 bits per heavy atom. The van der Waals surface area contributed by atoms with Gasteiger partial charge in [0.2, 0.25) is 0 Å². The van der Waals surface area contributed by atoms with E-state index in [4.69, 9.17) is 4.74 Å². The number of ether oxygens (including phenoxy) is 1. The lowest BCUT2D eigenvalue weighted by Gasteiger charge is -2.26. The van der Waals surface area contributed by atoms with Crippen LogP contribution in [0.5, 0.6) is 0 Å². The molecule has 98 valence electrons. The molecule has 2 rings (SSSR count). The predicted octanol–water partition coefficient (Wildman–Crippen LogP) is -0.0713. The third-order valence-electron chi connectivity index (χ3n) is 2.86. The first-order valence-corrected chi connectivity index (χ1v) is 6.19. The normalized spacial score (nSPS) is 16.4. The summed E-state index contributed by atoms with van der Waals surface area (Å²) in [4.78, 5) is 21.6. The van der Waals surface area contributed by atoms with Crippen LogP contribution in [0.4, 0.5) is 0 Å². The van der Waals surface area contributed by atoms with Crippen LogP contribution in [-0.2, 0) is 4.74 Å². The molecule has 18 heavy (non-hydrogen) atoms. The highest BCUT2D eigenvalue weighted by molar-refractivity contribution is 5.93. The molecule has 0 bridgehead atoms. The van der Waals surface area contributed by atoms with Crippen molar-refractivity contribution in [3.63, 3.8) is 0 Å². The van der Waals surface area contributed by atoms with E-state index < -0.39 is 0 Å². The second kappa shape index (κ2) is 7.03. The van der Waals surface area contributed by atoms with Gasteiger partial charge in [-0.2, -0.15) is 0 Å². The summed E-state index contributed by atoms with van der Waals surface area (Å²) in [5.74, 6) is -0.113. The second-order valence-corrected chi connectivity index (χ2v) is 4.19. The zero-order chi connectivity index (χ0) is 12.6. The molecule has 1 N–H and O–H groups in total. The summed E-state index contributed by atoms with van der Waals surface area (Å²) in [6.45, 7) is 5.27. The van der Waals surface area contributed by atoms with E-state index in [1.807, 2.05) is 0 Å². The highest BCUT2D eigenvalue weighted by atomic mass is 16.5. The Kier molecular flexibility index (Phi) is 5.04. The maximum absolute atomic E-state index is 11.7. The number of carbonyl (C=O) groups excluding carboxylic acids is 1. The number of nitrogens with one attached hydrogen (secondary N) is 1. The maximum atomic E-state index is 11.7. The molecule has 1 aromatic heterocycles. The molecule has 1 aliphatic heterocycles. The van der Waals surface area contributed by atoms with E-state index in [0.29, 0.717) is 12.1 Å². The Labute approximate surface area is 106 Å².